The Morgan fingerprint density at radius 1 is 1.43 bits per heavy atom. The number of rotatable bonds is 5. The molecule has 110 valence electrons. The van der Waals surface area contributed by atoms with E-state index in [0.29, 0.717) is 22.3 Å². The fraction of sp³-hybridized carbons (Fsp3) is 0.231. The maximum atomic E-state index is 11.1. The Labute approximate surface area is 129 Å². The van der Waals surface area contributed by atoms with Crippen LogP contribution in [0.5, 0.6) is 11.6 Å². The van der Waals surface area contributed by atoms with Gasteiger partial charge in [0, 0.05) is 6.07 Å². The first-order valence-corrected chi connectivity index (χ1v) is 7.04. The van der Waals surface area contributed by atoms with E-state index < -0.39 is 4.92 Å². The van der Waals surface area contributed by atoms with Crippen molar-refractivity contribution >= 4 is 27.4 Å². The fourth-order valence-electron chi connectivity index (χ4n) is 1.82. The van der Waals surface area contributed by atoms with E-state index in [1.165, 1.54) is 12.4 Å². The van der Waals surface area contributed by atoms with E-state index >= 15 is 0 Å². The van der Waals surface area contributed by atoms with Crippen molar-refractivity contribution in [2.45, 2.75) is 19.8 Å². The zero-order chi connectivity index (χ0) is 15.4. The average Bonchev–Trinajstić information content (AvgIpc) is 2.44. The van der Waals surface area contributed by atoms with Crippen LogP contribution in [0.25, 0.3) is 0 Å². The second-order valence-corrected chi connectivity index (χ2v) is 5.09. The number of anilines is 1. The van der Waals surface area contributed by atoms with Crippen molar-refractivity contribution in [1.82, 2.24) is 9.97 Å². The molecule has 2 N–H and O–H groups in total. The van der Waals surface area contributed by atoms with Gasteiger partial charge in [-0.3, -0.25) is 10.1 Å². The lowest BCUT2D eigenvalue weighted by Gasteiger charge is -2.11. The molecule has 0 fully saturated rings. The molecule has 8 heteroatoms. The van der Waals surface area contributed by atoms with Crippen LogP contribution in [-0.4, -0.2) is 14.9 Å². The summed E-state index contributed by atoms with van der Waals surface area (Å²) in [5, 5.41) is 11.1. The molecule has 1 aromatic carbocycles. The van der Waals surface area contributed by atoms with Crippen LogP contribution in [0.15, 0.2) is 29.0 Å². The van der Waals surface area contributed by atoms with E-state index in [-0.39, 0.29) is 17.3 Å². The van der Waals surface area contributed by atoms with E-state index in [2.05, 4.69) is 25.9 Å². The van der Waals surface area contributed by atoms with Gasteiger partial charge in [-0.2, -0.15) is 0 Å². The summed E-state index contributed by atoms with van der Waals surface area (Å²) >= 11 is 3.25. The lowest BCUT2D eigenvalue weighted by atomic mass is 10.2. The molecule has 0 saturated carbocycles. The third kappa shape index (κ3) is 3.27. The molecule has 0 radical (unpaired) electrons. The zero-order valence-electron chi connectivity index (χ0n) is 11.2. The molecular weight excluding hydrogens is 340 g/mol. The lowest BCUT2D eigenvalue weighted by molar-refractivity contribution is -0.385. The van der Waals surface area contributed by atoms with Gasteiger partial charge < -0.3 is 10.5 Å². The van der Waals surface area contributed by atoms with Gasteiger partial charge in [-0.25, -0.2) is 9.97 Å². The van der Waals surface area contributed by atoms with Crippen LogP contribution < -0.4 is 10.5 Å². The van der Waals surface area contributed by atoms with Gasteiger partial charge in [0.2, 0.25) is 11.6 Å². The highest BCUT2D eigenvalue weighted by atomic mass is 79.9. The number of nitrogen functional groups attached to an aromatic ring is 1. The number of aromatic nitrogens is 2. The molecule has 7 nitrogen and oxygen atoms in total. The smallest absolute Gasteiger partial charge is 0.312 e. The molecule has 0 bridgehead atoms. The number of nitro groups is 1. The predicted molar refractivity (Wildman–Crippen MR) is 81.3 cm³/mol. The molecule has 21 heavy (non-hydrogen) atoms. The summed E-state index contributed by atoms with van der Waals surface area (Å²) in [4.78, 5) is 18.5. The van der Waals surface area contributed by atoms with Gasteiger partial charge >= 0.3 is 5.69 Å². The normalized spacial score (nSPS) is 10.4. The first-order valence-electron chi connectivity index (χ1n) is 6.24. The van der Waals surface area contributed by atoms with Crippen molar-refractivity contribution in [1.29, 1.82) is 0 Å². The number of para-hydroxylation sites is 1. The molecule has 1 aromatic heterocycles. The predicted octanol–water partition coefficient (Wildman–Crippen LogP) is 3.47. The van der Waals surface area contributed by atoms with Gasteiger partial charge in [0.1, 0.15) is 12.1 Å². The summed E-state index contributed by atoms with van der Waals surface area (Å²) < 4.78 is 6.12. The van der Waals surface area contributed by atoms with Crippen LogP contribution in [0.1, 0.15) is 18.9 Å². The van der Waals surface area contributed by atoms with Gasteiger partial charge in [0.05, 0.1) is 15.0 Å². The quantitative estimate of drug-likeness (QED) is 0.652. The molecular formula is C13H13BrN4O3. The van der Waals surface area contributed by atoms with Crippen molar-refractivity contribution in [3.05, 3.63) is 44.7 Å². The largest absolute Gasteiger partial charge is 0.430 e. The maximum absolute atomic E-state index is 11.1. The minimum Gasteiger partial charge on any atom is -0.430 e. The second kappa shape index (κ2) is 6.49. The Balaban J connectivity index is 2.48. The standard InChI is InChI=1S/C13H13BrN4O3/c1-2-4-8-12(15)16-7-17-13(8)21-11-9(14)5-3-6-10(11)18(19)20/h3,5-7H,2,4H2,1H3,(H2,15,16,17). The minimum absolute atomic E-state index is 0.0953. The molecule has 0 unspecified atom stereocenters. The molecule has 0 aliphatic rings. The summed E-state index contributed by atoms with van der Waals surface area (Å²) in [6, 6.07) is 4.59. The zero-order valence-corrected chi connectivity index (χ0v) is 12.8. The van der Waals surface area contributed by atoms with Crippen molar-refractivity contribution in [3.8, 4) is 11.6 Å². The summed E-state index contributed by atoms with van der Waals surface area (Å²) in [5.74, 6) is 0.647. The average molecular weight is 353 g/mol. The summed E-state index contributed by atoms with van der Waals surface area (Å²) in [6.07, 6.45) is 2.72. The van der Waals surface area contributed by atoms with Crippen LogP contribution in [0.4, 0.5) is 11.5 Å². The van der Waals surface area contributed by atoms with Crippen molar-refractivity contribution < 1.29 is 9.66 Å². The minimum atomic E-state index is -0.510. The van der Waals surface area contributed by atoms with Gasteiger partial charge in [-0.15, -0.1) is 0 Å². The molecule has 0 aliphatic carbocycles. The van der Waals surface area contributed by atoms with Crippen molar-refractivity contribution in [2.24, 2.45) is 0 Å². The molecule has 0 aliphatic heterocycles. The van der Waals surface area contributed by atoms with Gasteiger partial charge in [0.25, 0.3) is 0 Å². The van der Waals surface area contributed by atoms with E-state index in [1.54, 1.807) is 12.1 Å². The van der Waals surface area contributed by atoms with E-state index in [1.807, 2.05) is 6.92 Å². The third-order valence-electron chi connectivity index (χ3n) is 2.78. The lowest BCUT2D eigenvalue weighted by Crippen LogP contribution is -2.04. The highest BCUT2D eigenvalue weighted by Gasteiger charge is 2.21. The Morgan fingerprint density at radius 2 is 2.19 bits per heavy atom. The summed E-state index contributed by atoms with van der Waals surface area (Å²) in [5.41, 5.74) is 6.31. The number of nitrogens with zero attached hydrogens (tertiary/aromatic N) is 3. The SMILES string of the molecule is CCCc1c(N)ncnc1Oc1c(Br)cccc1[N+](=O)[O-]. The van der Waals surface area contributed by atoms with Gasteiger partial charge in [0.15, 0.2) is 0 Å². The molecule has 2 rings (SSSR count). The number of benzene rings is 1. The summed E-state index contributed by atoms with van der Waals surface area (Å²) in [6.45, 7) is 1.98. The Bertz CT molecular complexity index is 678. The first kappa shape index (κ1) is 15.2. The van der Waals surface area contributed by atoms with Crippen LogP contribution in [0.3, 0.4) is 0 Å². The number of hydrogen-bond donors (Lipinski definition) is 1. The van der Waals surface area contributed by atoms with E-state index in [0.717, 1.165) is 6.42 Å². The number of hydrogen-bond acceptors (Lipinski definition) is 6. The number of halogens is 1. The molecule has 1 heterocycles. The van der Waals surface area contributed by atoms with Crippen molar-refractivity contribution in [3.63, 3.8) is 0 Å². The highest BCUT2D eigenvalue weighted by Crippen LogP contribution is 2.38. The molecule has 0 amide bonds. The van der Waals surface area contributed by atoms with Gasteiger partial charge in [-0.1, -0.05) is 19.4 Å². The number of nitrogens with two attached hydrogens (primary N) is 1. The van der Waals surface area contributed by atoms with E-state index in [4.69, 9.17) is 10.5 Å². The molecule has 0 spiro atoms. The topological polar surface area (TPSA) is 104 Å². The summed E-state index contributed by atoms with van der Waals surface area (Å²) in [7, 11) is 0. The van der Waals surface area contributed by atoms with Gasteiger partial charge in [-0.05, 0) is 28.4 Å². The monoisotopic (exact) mass is 352 g/mol. The van der Waals surface area contributed by atoms with Crippen LogP contribution in [0.2, 0.25) is 0 Å². The number of ether oxygens (including phenoxy) is 1. The molecule has 0 saturated heterocycles. The van der Waals surface area contributed by atoms with Crippen LogP contribution >= 0.6 is 15.9 Å². The highest BCUT2D eigenvalue weighted by molar-refractivity contribution is 9.10. The second-order valence-electron chi connectivity index (χ2n) is 4.24. The first-order chi connectivity index (χ1) is 10.0. The Hall–Kier alpha value is -2.22. The molecule has 2 aromatic rings. The van der Waals surface area contributed by atoms with E-state index in [9.17, 15) is 10.1 Å². The third-order valence-corrected chi connectivity index (χ3v) is 3.41. The molecule has 0 atom stereocenters. The fourth-order valence-corrected chi connectivity index (χ4v) is 2.26. The Morgan fingerprint density at radius 3 is 2.86 bits per heavy atom. The number of nitro benzene ring substituents is 1. The van der Waals surface area contributed by atoms with Crippen LogP contribution in [-0.2, 0) is 6.42 Å². The van der Waals surface area contributed by atoms with Crippen LogP contribution in [0, 0.1) is 10.1 Å². The van der Waals surface area contributed by atoms with Crippen molar-refractivity contribution in [2.75, 3.05) is 5.73 Å². The maximum Gasteiger partial charge on any atom is 0.312 e. The Kier molecular flexibility index (Phi) is 4.69.